The number of nitrogens with zero attached hydrogens (tertiary/aromatic N) is 3. The van der Waals surface area contributed by atoms with Crippen LogP contribution in [0.15, 0.2) is 10.8 Å². The zero-order chi connectivity index (χ0) is 5.98. The van der Waals surface area contributed by atoms with Crippen LogP contribution in [-0.4, -0.2) is 15.2 Å². The van der Waals surface area contributed by atoms with Crippen molar-refractivity contribution in [3.05, 3.63) is 10.8 Å². The maximum atomic E-state index is 5.14. The van der Waals surface area contributed by atoms with Crippen molar-refractivity contribution in [1.82, 2.24) is 15.2 Å². The summed E-state index contributed by atoms with van der Waals surface area (Å²) in [5, 5.41) is 6.93. The second kappa shape index (κ2) is 2.04. The first-order valence-corrected chi connectivity index (χ1v) is 2.69. The number of anilines is 1. The summed E-state index contributed by atoms with van der Waals surface area (Å²) in [4.78, 5) is 3.69. The van der Waals surface area contributed by atoms with Crippen molar-refractivity contribution in [1.29, 1.82) is 0 Å². The molecule has 0 saturated heterocycles. The average Bonchev–Trinajstić information content (AvgIpc) is 1.64. The molecule has 0 bridgehead atoms. The lowest BCUT2D eigenvalue weighted by Gasteiger charge is -1.86. The van der Waals surface area contributed by atoms with E-state index >= 15 is 0 Å². The van der Waals surface area contributed by atoms with Crippen LogP contribution in [0.1, 0.15) is 0 Å². The summed E-state index contributed by atoms with van der Waals surface area (Å²) in [5.41, 5.74) is 5.14. The zero-order valence-electron chi connectivity index (χ0n) is 3.87. The molecular formula is C3H3BrN4. The van der Waals surface area contributed by atoms with Gasteiger partial charge in [0, 0.05) is 0 Å². The summed E-state index contributed by atoms with van der Waals surface area (Å²) in [6, 6.07) is 0. The smallest absolute Gasteiger partial charge is 0.241 e. The second-order valence-corrected chi connectivity index (χ2v) is 1.95. The molecule has 0 atom stereocenters. The predicted octanol–water partition coefficient (Wildman–Crippen LogP) is 0.216. The highest BCUT2D eigenvalue weighted by atomic mass is 79.9. The molecule has 0 amide bonds. The van der Waals surface area contributed by atoms with Gasteiger partial charge < -0.3 is 5.73 Å². The Bertz CT molecular complexity index is 171. The van der Waals surface area contributed by atoms with Crippen LogP contribution in [0.25, 0.3) is 0 Å². The molecule has 1 rings (SSSR count). The number of nitrogen functional groups attached to an aromatic ring is 1. The topological polar surface area (TPSA) is 64.7 Å². The van der Waals surface area contributed by atoms with E-state index in [1.54, 1.807) is 0 Å². The molecule has 8 heavy (non-hydrogen) atoms. The van der Waals surface area contributed by atoms with E-state index in [0.717, 1.165) is 0 Å². The molecule has 0 fully saturated rings. The molecule has 1 aromatic heterocycles. The van der Waals surface area contributed by atoms with E-state index in [1.807, 2.05) is 0 Å². The summed E-state index contributed by atoms with van der Waals surface area (Å²) >= 11 is 3.07. The van der Waals surface area contributed by atoms with E-state index in [-0.39, 0.29) is 5.95 Å². The lowest BCUT2D eigenvalue weighted by Crippen LogP contribution is -1.95. The fraction of sp³-hybridized carbons (Fsp3) is 0. The van der Waals surface area contributed by atoms with Crippen molar-refractivity contribution in [3.63, 3.8) is 0 Å². The number of nitrogens with two attached hydrogens (primary N) is 1. The van der Waals surface area contributed by atoms with Crippen molar-refractivity contribution >= 4 is 21.9 Å². The van der Waals surface area contributed by atoms with E-state index < -0.39 is 0 Å². The monoisotopic (exact) mass is 174 g/mol. The van der Waals surface area contributed by atoms with Crippen LogP contribution in [0.4, 0.5) is 5.95 Å². The van der Waals surface area contributed by atoms with Gasteiger partial charge in [0.25, 0.3) is 0 Å². The Balaban J connectivity index is 3.08. The van der Waals surface area contributed by atoms with E-state index in [0.29, 0.717) is 4.60 Å². The van der Waals surface area contributed by atoms with Crippen molar-refractivity contribution in [2.24, 2.45) is 0 Å². The van der Waals surface area contributed by atoms with Crippen LogP contribution < -0.4 is 5.73 Å². The van der Waals surface area contributed by atoms with E-state index in [9.17, 15) is 0 Å². The standard InChI is InChI=1S/C3H3BrN4/c4-2-1-6-8-3(5)7-2/h1H,(H2,5,7,8). The molecular weight excluding hydrogens is 172 g/mol. The van der Waals surface area contributed by atoms with Gasteiger partial charge in [0.1, 0.15) is 4.60 Å². The van der Waals surface area contributed by atoms with Crippen molar-refractivity contribution in [2.75, 3.05) is 5.73 Å². The van der Waals surface area contributed by atoms with E-state index in [1.165, 1.54) is 6.20 Å². The molecule has 0 saturated carbocycles. The molecule has 2 N–H and O–H groups in total. The molecule has 0 aliphatic rings. The minimum Gasteiger partial charge on any atom is -0.366 e. The highest BCUT2D eigenvalue weighted by molar-refractivity contribution is 9.10. The molecule has 0 aliphatic heterocycles. The van der Waals surface area contributed by atoms with Gasteiger partial charge in [0.2, 0.25) is 5.95 Å². The molecule has 0 aliphatic carbocycles. The fourth-order valence-corrected chi connectivity index (χ4v) is 0.570. The Labute approximate surface area is 54.3 Å². The van der Waals surface area contributed by atoms with Crippen molar-refractivity contribution in [2.45, 2.75) is 0 Å². The third kappa shape index (κ3) is 1.13. The van der Waals surface area contributed by atoms with Crippen LogP contribution in [0, 0.1) is 0 Å². The third-order valence-corrected chi connectivity index (χ3v) is 0.928. The zero-order valence-corrected chi connectivity index (χ0v) is 5.46. The van der Waals surface area contributed by atoms with Gasteiger partial charge in [-0.05, 0) is 15.9 Å². The molecule has 0 spiro atoms. The van der Waals surface area contributed by atoms with Gasteiger partial charge in [-0.3, -0.25) is 0 Å². The third-order valence-electron chi connectivity index (χ3n) is 0.546. The number of halogens is 1. The molecule has 0 radical (unpaired) electrons. The first-order chi connectivity index (χ1) is 3.79. The predicted molar refractivity (Wildman–Crippen MR) is 31.9 cm³/mol. The summed E-state index contributed by atoms with van der Waals surface area (Å²) < 4.78 is 0.602. The maximum Gasteiger partial charge on any atom is 0.241 e. The normalized spacial score (nSPS) is 9.12. The van der Waals surface area contributed by atoms with Gasteiger partial charge in [-0.1, -0.05) is 0 Å². The Morgan fingerprint density at radius 2 is 2.38 bits per heavy atom. The Morgan fingerprint density at radius 1 is 1.62 bits per heavy atom. The van der Waals surface area contributed by atoms with Crippen molar-refractivity contribution in [3.8, 4) is 0 Å². The van der Waals surface area contributed by atoms with Crippen molar-refractivity contribution < 1.29 is 0 Å². The summed E-state index contributed by atoms with van der Waals surface area (Å²) in [6.07, 6.45) is 1.47. The van der Waals surface area contributed by atoms with E-state index in [4.69, 9.17) is 5.73 Å². The number of aromatic nitrogens is 3. The quantitative estimate of drug-likeness (QED) is 0.612. The lowest BCUT2D eigenvalue weighted by atomic mass is 10.9. The molecule has 0 unspecified atom stereocenters. The Morgan fingerprint density at radius 3 is 2.75 bits per heavy atom. The summed E-state index contributed by atoms with van der Waals surface area (Å²) in [5.74, 6) is 0.180. The second-order valence-electron chi connectivity index (χ2n) is 1.14. The first-order valence-electron chi connectivity index (χ1n) is 1.90. The van der Waals surface area contributed by atoms with Gasteiger partial charge in [-0.2, -0.15) is 5.10 Å². The van der Waals surface area contributed by atoms with Gasteiger partial charge in [-0.25, -0.2) is 4.98 Å². The van der Waals surface area contributed by atoms with Gasteiger partial charge in [0.15, 0.2) is 0 Å². The molecule has 0 aromatic carbocycles. The summed E-state index contributed by atoms with van der Waals surface area (Å²) in [7, 11) is 0. The Kier molecular flexibility index (Phi) is 1.38. The Hall–Kier alpha value is -0.710. The largest absolute Gasteiger partial charge is 0.366 e. The molecule has 4 nitrogen and oxygen atoms in total. The molecule has 1 aromatic rings. The van der Waals surface area contributed by atoms with Gasteiger partial charge in [-0.15, -0.1) is 5.10 Å². The summed E-state index contributed by atoms with van der Waals surface area (Å²) in [6.45, 7) is 0. The average molecular weight is 175 g/mol. The minimum absolute atomic E-state index is 0.180. The van der Waals surface area contributed by atoms with Crippen LogP contribution in [0.2, 0.25) is 0 Å². The van der Waals surface area contributed by atoms with E-state index in [2.05, 4.69) is 31.1 Å². The molecule has 42 valence electrons. The highest BCUT2D eigenvalue weighted by Crippen LogP contribution is 2.00. The lowest BCUT2D eigenvalue weighted by molar-refractivity contribution is 0.970. The SMILES string of the molecule is Nc1nncc(Br)n1. The van der Waals surface area contributed by atoms with Gasteiger partial charge >= 0.3 is 0 Å². The first kappa shape index (κ1) is 5.43. The minimum atomic E-state index is 0.180. The number of rotatable bonds is 0. The van der Waals surface area contributed by atoms with Gasteiger partial charge in [0.05, 0.1) is 6.20 Å². The number of hydrogen-bond acceptors (Lipinski definition) is 4. The number of hydrogen-bond donors (Lipinski definition) is 1. The van der Waals surface area contributed by atoms with Crippen LogP contribution >= 0.6 is 15.9 Å². The fourth-order valence-electron chi connectivity index (χ4n) is 0.296. The maximum absolute atomic E-state index is 5.14. The molecule has 5 heteroatoms. The van der Waals surface area contributed by atoms with Crippen LogP contribution in [0.3, 0.4) is 0 Å². The highest BCUT2D eigenvalue weighted by Gasteiger charge is 1.87. The molecule has 1 heterocycles. The van der Waals surface area contributed by atoms with Crippen LogP contribution in [-0.2, 0) is 0 Å². The van der Waals surface area contributed by atoms with Crippen LogP contribution in [0.5, 0.6) is 0 Å².